The summed E-state index contributed by atoms with van der Waals surface area (Å²) in [5, 5.41) is 5.53. The highest BCUT2D eigenvalue weighted by atomic mass is 16.5. The fraction of sp³-hybridized carbons (Fsp3) is 0.192. The lowest BCUT2D eigenvalue weighted by molar-refractivity contribution is -0.128. The highest BCUT2D eigenvalue weighted by Crippen LogP contribution is 2.23. The van der Waals surface area contributed by atoms with Crippen molar-refractivity contribution in [3.63, 3.8) is 0 Å². The van der Waals surface area contributed by atoms with Crippen LogP contribution in [0.2, 0.25) is 0 Å². The molecule has 0 atom stereocenters. The molecule has 0 aliphatic rings. The Morgan fingerprint density at radius 2 is 1.83 bits per heavy atom. The van der Waals surface area contributed by atoms with Gasteiger partial charge in [-0.1, -0.05) is 18.2 Å². The topological polar surface area (TPSA) is 118 Å². The van der Waals surface area contributed by atoms with Crippen molar-refractivity contribution in [2.75, 3.05) is 31.8 Å². The Kier molecular flexibility index (Phi) is 7.24. The second kappa shape index (κ2) is 10.7. The maximum absolute atomic E-state index is 13.4. The average molecular weight is 487 g/mol. The van der Waals surface area contributed by atoms with Crippen LogP contribution in [-0.2, 0) is 11.2 Å². The van der Waals surface area contributed by atoms with E-state index < -0.39 is 6.03 Å². The Labute approximate surface area is 207 Å². The largest absolute Gasteiger partial charge is 0.495 e. The number of fused-ring (bicyclic) bond motifs is 1. The molecule has 0 fully saturated rings. The summed E-state index contributed by atoms with van der Waals surface area (Å²) in [6.07, 6.45) is 1.93. The predicted molar refractivity (Wildman–Crippen MR) is 138 cm³/mol. The first-order valence-corrected chi connectivity index (χ1v) is 11.3. The number of hydrogen-bond donors (Lipinski definition) is 2. The van der Waals surface area contributed by atoms with Gasteiger partial charge < -0.3 is 20.3 Å². The van der Waals surface area contributed by atoms with Crippen LogP contribution in [-0.4, -0.2) is 52.6 Å². The van der Waals surface area contributed by atoms with Crippen LogP contribution in [0.15, 0.2) is 71.7 Å². The van der Waals surface area contributed by atoms with E-state index >= 15 is 0 Å². The molecule has 0 aliphatic heterocycles. The van der Waals surface area contributed by atoms with Crippen molar-refractivity contribution in [1.29, 1.82) is 0 Å². The molecule has 3 amide bonds. The van der Waals surface area contributed by atoms with Crippen molar-refractivity contribution >= 4 is 34.5 Å². The smallest absolute Gasteiger partial charge is 0.323 e. The van der Waals surface area contributed by atoms with Gasteiger partial charge in [-0.25, -0.2) is 14.8 Å². The van der Waals surface area contributed by atoms with Crippen LogP contribution in [0.1, 0.15) is 12.1 Å². The lowest BCUT2D eigenvalue weighted by atomic mass is 10.2. The zero-order chi connectivity index (χ0) is 25.7. The number of nitrogens with one attached hydrogen (secondary N) is 2. The molecule has 0 unspecified atom stereocenters. The SMILES string of the molecule is COc1ccccc1NC(=O)Nc1cccc(-n2c(=O)c(CCC(=O)N(C)C)nc3cccnc32)c1. The van der Waals surface area contributed by atoms with Crippen LogP contribution >= 0.6 is 0 Å². The number of anilines is 2. The Morgan fingerprint density at radius 1 is 1.03 bits per heavy atom. The number of nitrogens with zero attached hydrogens (tertiary/aromatic N) is 4. The maximum atomic E-state index is 13.4. The Balaban J connectivity index is 1.66. The minimum Gasteiger partial charge on any atom is -0.495 e. The fourth-order valence-corrected chi connectivity index (χ4v) is 3.67. The van der Waals surface area contributed by atoms with Crippen molar-refractivity contribution in [1.82, 2.24) is 19.4 Å². The number of methoxy groups -OCH3 is 1. The number of carbonyl (C=O) groups excluding carboxylic acids is 2. The Bertz CT molecular complexity index is 1480. The number of amides is 3. The van der Waals surface area contributed by atoms with Crippen LogP contribution in [0.5, 0.6) is 5.75 Å². The number of aryl methyl sites for hydroxylation is 1. The molecule has 10 heteroatoms. The number of hydrogen-bond acceptors (Lipinski definition) is 6. The highest BCUT2D eigenvalue weighted by molar-refractivity contribution is 6.00. The van der Waals surface area contributed by atoms with E-state index in [0.29, 0.717) is 34.0 Å². The van der Waals surface area contributed by atoms with Gasteiger partial charge in [0.1, 0.15) is 17.0 Å². The van der Waals surface area contributed by atoms with Crippen molar-refractivity contribution in [2.24, 2.45) is 0 Å². The van der Waals surface area contributed by atoms with Crippen molar-refractivity contribution < 1.29 is 14.3 Å². The molecular formula is C26H26N6O4. The average Bonchev–Trinajstić information content (AvgIpc) is 2.87. The molecule has 10 nitrogen and oxygen atoms in total. The lowest BCUT2D eigenvalue weighted by Crippen LogP contribution is -2.28. The van der Waals surface area contributed by atoms with Crippen LogP contribution < -0.4 is 20.9 Å². The number of carbonyl (C=O) groups is 2. The van der Waals surface area contributed by atoms with Crippen LogP contribution in [0.3, 0.4) is 0 Å². The fourth-order valence-electron chi connectivity index (χ4n) is 3.67. The lowest BCUT2D eigenvalue weighted by Gasteiger charge is -2.14. The van der Waals surface area contributed by atoms with Gasteiger partial charge in [-0.15, -0.1) is 0 Å². The first-order chi connectivity index (χ1) is 17.4. The summed E-state index contributed by atoms with van der Waals surface area (Å²) in [7, 11) is 4.86. The van der Waals surface area contributed by atoms with Gasteiger partial charge in [0.05, 0.1) is 18.5 Å². The van der Waals surface area contributed by atoms with E-state index in [4.69, 9.17) is 4.74 Å². The third-order valence-electron chi connectivity index (χ3n) is 5.48. The van der Waals surface area contributed by atoms with Crippen molar-refractivity contribution in [3.8, 4) is 11.4 Å². The molecule has 0 spiro atoms. The van der Waals surface area contributed by atoms with E-state index in [1.165, 1.54) is 16.6 Å². The molecule has 2 aromatic heterocycles. The van der Waals surface area contributed by atoms with E-state index in [2.05, 4.69) is 20.6 Å². The van der Waals surface area contributed by atoms with E-state index in [9.17, 15) is 14.4 Å². The predicted octanol–water partition coefficient (Wildman–Crippen LogP) is 3.45. The van der Waals surface area contributed by atoms with Gasteiger partial charge in [0, 0.05) is 38.8 Å². The number of pyridine rings is 1. The molecule has 184 valence electrons. The van der Waals surface area contributed by atoms with Gasteiger partial charge in [0.15, 0.2) is 5.65 Å². The van der Waals surface area contributed by atoms with E-state index in [0.717, 1.165) is 0 Å². The Morgan fingerprint density at radius 3 is 2.61 bits per heavy atom. The zero-order valence-electron chi connectivity index (χ0n) is 20.2. The normalized spacial score (nSPS) is 10.6. The molecule has 0 saturated carbocycles. The number of aromatic nitrogens is 3. The summed E-state index contributed by atoms with van der Waals surface area (Å²) in [6, 6.07) is 17.0. The third kappa shape index (κ3) is 5.33. The molecule has 4 aromatic rings. The van der Waals surface area contributed by atoms with Gasteiger partial charge in [-0.2, -0.15) is 0 Å². The second-order valence-corrected chi connectivity index (χ2v) is 8.16. The van der Waals surface area contributed by atoms with Gasteiger partial charge >= 0.3 is 6.03 Å². The molecule has 2 N–H and O–H groups in total. The summed E-state index contributed by atoms with van der Waals surface area (Å²) in [4.78, 5) is 48.5. The van der Waals surface area contributed by atoms with E-state index in [1.807, 2.05) is 0 Å². The minimum atomic E-state index is -0.468. The first-order valence-electron chi connectivity index (χ1n) is 11.3. The summed E-state index contributed by atoms with van der Waals surface area (Å²) in [6.45, 7) is 0. The van der Waals surface area contributed by atoms with Gasteiger partial charge in [-0.3, -0.25) is 14.2 Å². The van der Waals surface area contributed by atoms with E-state index in [-0.39, 0.29) is 30.0 Å². The quantitative estimate of drug-likeness (QED) is 0.413. The summed E-state index contributed by atoms with van der Waals surface area (Å²) in [5.74, 6) is 0.434. The van der Waals surface area contributed by atoms with E-state index in [1.54, 1.807) is 81.0 Å². The maximum Gasteiger partial charge on any atom is 0.323 e. The van der Waals surface area contributed by atoms with Crippen LogP contribution in [0.4, 0.5) is 16.2 Å². The summed E-state index contributed by atoms with van der Waals surface area (Å²) in [5.41, 5.74) is 2.28. The second-order valence-electron chi connectivity index (χ2n) is 8.16. The monoisotopic (exact) mass is 486 g/mol. The molecule has 0 bridgehead atoms. The first kappa shape index (κ1) is 24.4. The number of ether oxygens (including phenoxy) is 1. The number of benzene rings is 2. The van der Waals surface area contributed by atoms with Gasteiger partial charge in [0.25, 0.3) is 5.56 Å². The molecule has 0 radical (unpaired) electrons. The summed E-state index contributed by atoms with van der Waals surface area (Å²) < 4.78 is 6.71. The molecule has 2 aromatic carbocycles. The van der Waals surface area contributed by atoms with Crippen LogP contribution in [0, 0.1) is 0 Å². The minimum absolute atomic E-state index is 0.0960. The van der Waals surface area contributed by atoms with Gasteiger partial charge in [-0.05, 0) is 42.5 Å². The zero-order valence-corrected chi connectivity index (χ0v) is 20.2. The third-order valence-corrected chi connectivity index (χ3v) is 5.48. The molecule has 2 heterocycles. The number of rotatable bonds is 7. The van der Waals surface area contributed by atoms with Crippen molar-refractivity contribution in [3.05, 3.63) is 82.9 Å². The molecule has 4 rings (SSSR count). The number of para-hydroxylation sites is 2. The highest BCUT2D eigenvalue weighted by Gasteiger charge is 2.16. The molecule has 0 saturated heterocycles. The summed E-state index contributed by atoms with van der Waals surface area (Å²) >= 11 is 0. The van der Waals surface area contributed by atoms with Crippen molar-refractivity contribution in [2.45, 2.75) is 12.8 Å². The van der Waals surface area contributed by atoms with Gasteiger partial charge in [0.2, 0.25) is 5.91 Å². The standard InChI is InChI=1S/C26H26N6O4/c1-31(2)23(33)14-13-21-25(34)32(24-20(29-21)11-7-15-27-24)18-9-6-8-17(16-18)28-26(35)30-19-10-4-5-12-22(19)36-3/h4-12,15-16H,13-14H2,1-3H3,(H2,28,30,35). The molecule has 36 heavy (non-hydrogen) atoms. The molecule has 0 aliphatic carbocycles. The Hall–Kier alpha value is -4.73. The number of urea groups is 1. The van der Waals surface area contributed by atoms with Crippen LogP contribution in [0.25, 0.3) is 16.9 Å². The molecular weight excluding hydrogens is 460 g/mol.